The molecule has 0 spiro atoms. The molecule has 2 fully saturated rings. The van der Waals surface area contributed by atoms with Crippen molar-refractivity contribution in [3.05, 3.63) is 12.2 Å². The van der Waals surface area contributed by atoms with Gasteiger partial charge in [0.1, 0.15) is 0 Å². The fourth-order valence-corrected chi connectivity index (χ4v) is 4.45. The van der Waals surface area contributed by atoms with Crippen LogP contribution in [0.2, 0.25) is 0 Å². The minimum Gasteiger partial charge on any atom is -0.379 e. The average molecular weight is 325 g/mol. The van der Waals surface area contributed by atoms with Gasteiger partial charge in [0.05, 0.1) is 12.8 Å². The molecule has 0 saturated heterocycles. The first-order chi connectivity index (χ1) is 11.3. The van der Waals surface area contributed by atoms with Crippen LogP contribution < -0.4 is 0 Å². The van der Waals surface area contributed by atoms with Crippen molar-refractivity contribution in [3.63, 3.8) is 0 Å². The quantitative estimate of drug-likeness (QED) is 0.348. The molecule has 0 aromatic heterocycles. The van der Waals surface area contributed by atoms with Gasteiger partial charge >= 0.3 is 0 Å². The highest BCUT2D eigenvalue weighted by atomic mass is 19.1. The van der Waals surface area contributed by atoms with Gasteiger partial charge in [-0.1, -0.05) is 25.0 Å². The Bertz CT molecular complexity index is 312. The molecule has 0 bridgehead atoms. The fourth-order valence-electron chi connectivity index (χ4n) is 4.45. The number of rotatable bonds is 9. The monoisotopic (exact) mass is 324 g/mol. The Kier molecular flexibility index (Phi) is 9.26. The van der Waals surface area contributed by atoms with Crippen LogP contribution in [0.4, 0.5) is 4.39 Å². The fraction of sp³-hybridized carbons (Fsp3) is 0.905. The molecule has 0 aromatic carbocycles. The van der Waals surface area contributed by atoms with E-state index in [1.807, 2.05) is 0 Å². The van der Waals surface area contributed by atoms with E-state index in [9.17, 15) is 4.39 Å². The summed E-state index contributed by atoms with van der Waals surface area (Å²) >= 11 is 0. The zero-order valence-electron chi connectivity index (χ0n) is 15.1. The molecule has 23 heavy (non-hydrogen) atoms. The molecule has 0 atom stereocenters. The van der Waals surface area contributed by atoms with Crippen LogP contribution >= 0.6 is 0 Å². The largest absolute Gasteiger partial charge is 0.379 e. The number of unbranched alkanes of at least 4 members (excludes halogenated alkanes) is 1. The van der Waals surface area contributed by atoms with Crippen molar-refractivity contribution < 1.29 is 9.13 Å². The second-order valence-electron chi connectivity index (χ2n) is 7.72. The lowest BCUT2D eigenvalue weighted by Gasteiger charge is -2.31. The predicted octanol–water partition coefficient (Wildman–Crippen LogP) is 6.47. The summed E-state index contributed by atoms with van der Waals surface area (Å²) in [6.07, 6.45) is 20.5. The lowest BCUT2D eigenvalue weighted by molar-refractivity contribution is 0.0239. The first kappa shape index (κ1) is 19.0. The van der Waals surface area contributed by atoms with Crippen LogP contribution in [0.15, 0.2) is 12.2 Å². The van der Waals surface area contributed by atoms with Gasteiger partial charge in [-0.3, -0.25) is 4.39 Å². The third-order valence-electron chi connectivity index (χ3n) is 5.98. The Morgan fingerprint density at radius 2 is 1.52 bits per heavy atom. The molecule has 2 aliphatic carbocycles. The summed E-state index contributed by atoms with van der Waals surface area (Å²) in [5.41, 5.74) is 0. The molecule has 0 radical (unpaired) electrons. The number of hydrogen-bond donors (Lipinski definition) is 0. The number of ether oxygens (including phenoxy) is 1. The Morgan fingerprint density at radius 1 is 0.913 bits per heavy atom. The first-order valence-corrected chi connectivity index (χ1v) is 10.2. The van der Waals surface area contributed by atoms with E-state index in [-0.39, 0.29) is 6.67 Å². The third kappa shape index (κ3) is 7.37. The van der Waals surface area contributed by atoms with Crippen LogP contribution in [0.25, 0.3) is 0 Å². The smallest absolute Gasteiger partial charge is 0.0897 e. The van der Waals surface area contributed by atoms with E-state index in [0.717, 1.165) is 30.8 Å². The highest BCUT2D eigenvalue weighted by Crippen LogP contribution is 2.36. The summed E-state index contributed by atoms with van der Waals surface area (Å²) in [6.45, 7) is 2.81. The zero-order chi connectivity index (χ0) is 16.3. The lowest BCUT2D eigenvalue weighted by atomic mass is 9.77. The van der Waals surface area contributed by atoms with E-state index in [4.69, 9.17) is 4.74 Å². The maximum Gasteiger partial charge on any atom is 0.0897 e. The van der Waals surface area contributed by atoms with Crippen molar-refractivity contribution in [1.82, 2.24) is 0 Å². The summed E-state index contributed by atoms with van der Waals surface area (Å²) < 4.78 is 17.8. The normalized spacial score (nSPS) is 32.4. The SMILES string of the molecule is CCOC1CCC(CCC2CCC(C=CCCCF)CC2)CC1. The van der Waals surface area contributed by atoms with Crippen molar-refractivity contribution in [3.8, 4) is 0 Å². The molecule has 2 saturated carbocycles. The number of halogens is 1. The lowest BCUT2D eigenvalue weighted by Crippen LogP contribution is -2.22. The Labute approximate surface area is 143 Å². The van der Waals surface area contributed by atoms with Gasteiger partial charge in [-0.2, -0.15) is 0 Å². The zero-order valence-corrected chi connectivity index (χ0v) is 15.1. The molecule has 134 valence electrons. The minimum absolute atomic E-state index is 0.177. The van der Waals surface area contributed by atoms with Crippen LogP contribution in [0.1, 0.15) is 84.0 Å². The maximum absolute atomic E-state index is 12.1. The summed E-state index contributed by atoms with van der Waals surface area (Å²) in [7, 11) is 0. The van der Waals surface area contributed by atoms with Gasteiger partial charge < -0.3 is 4.74 Å². The van der Waals surface area contributed by atoms with Gasteiger partial charge in [-0.15, -0.1) is 0 Å². The maximum atomic E-state index is 12.1. The van der Waals surface area contributed by atoms with Crippen molar-refractivity contribution in [2.24, 2.45) is 17.8 Å². The van der Waals surface area contributed by atoms with Crippen molar-refractivity contribution >= 4 is 0 Å². The molecule has 1 nitrogen and oxygen atoms in total. The summed E-state index contributed by atoms with van der Waals surface area (Å²) in [5, 5.41) is 0. The molecule has 2 heteroatoms. The second-order valence-corrected chi connectivity index (χ2v) is 7.72. The van der Waals surface area contributed by atoms with Crippen molar-refractivity contribution in [2.45, 2.75) is 90.1 Å². The number of hydrogen-bond acceptors (Lipinski definition) is 1. The average Bonchev–Trinajstić information content (AvgIpc) is 2.59. The topological polar surface area (TPSA) is 9.23 Å². The molecule has 0 aromatic rings. The van der Waals surface area contributed by atoms with Crippen LogP contribution in [-0.4, -0.2) is 19.4 Å². The molecular formula is C21H37FO. The number of allylic oxidation sites excluding steroid dienone is 2. The van der Waals surface area contributed by atoms with E-state index in [2.05, 4.69) is 19.1 Å². The first-order valence-electron chi connectivity index (χ1n) is 10.2. The second kappa shape index (κ2) is 11.2. The highest BCUT2D eigenvalue weighted by Gasteiger charge is 2.24. The number of alkyl halides is 1. The van der Waals surface area contributed by atoms with Crippen molar-refractivity contribution in [2.75, 3.05) is 13.3 Å². The molecule has 0 heterocycles. The summed E-state index contributed by atoms with van der Waals surface area (Å²) in [5.74, 6) is 2.70. The van der Waals surface area contributed by atoms with E-state index >= 15 is 0 Å². The molecule has 2 aliphatic rings. The van der Waals surface area contributed by atoms with Crippen LogP contribution in [-0.2, 0) is 4.74 Å². The highest BCUT2D eigenvalue weighted by molar-refractivity contribution is 4.91. The van der Waals surface area contributed by atoms with Gasteiger partial charge in [0.2, 0.25) is 0 Å². The van der Waals surface area contributed by atoms with Gasteiger partial charge in [0, 0.05) is 6.61 Å². The Hall–Kier alpha value is -0.370. The van der Waals surface area contributed by atoms with Gasteiger partial charge in [0.15, 0.2) is 0 Å². The predicted molar refractivity (Wildman–Crippen MR) is 96.4 cm³/mol. The van der Waals surface area contributed by atoms with E-state index in [0.29, 0.717) is 12.5 Å². The molecule has 0 N–H and O–H groups in total. The van der Waals surface area contributed by atoms with E-state index < -0.39 is 0 Å². The minimum atomic E-state index is -0.177. The van der Waals surface area contributed by atoms with Crippen LogP contribution in [0.5, 0.6) is 0 Å². The van der Waals surface area contributed by atoms with Crippen molar-refractivity contribution in [1.29, 1.82) is 0 Å². The van der Waals surface area contributed by atoms with Crippen LogP contribution in [0.3, 0.4) is 0 Å². The van der Waals surface area contributed by atoms with Gasteiger partial charge in [-0.05, 0) is 88.9 Å². The standard InChI is InChI=1S/C21H37FO/c1-2-23-21-15-13-20(14-16-21)12-11-19-9-7-18(8-10-19)6-4-3-5-17-22/h4,6,18-21H,2-3,5,7-17H2,1H3. The van der Waals surface area contributed by atoms with Gasteiger partial charge in [0.25, 0.3) is 0 Å². The summed E-state index contributed by atoms with van der Waals surface area (Å²) in [6, 6.07) is 0. The Balaban J connectivity index is 1.54. The third-order valence-corrected chi connectivity index (χ3v) is 5.98. The summed E-state index contributed by atoms with van der Waals surface area (Å²) in [4.78, 5) is 0. The van der Waals surface area contributed by atoms with E-state index in [1.54, 1.807) is 0 Å². The molecular weight excluding hydrogens is 287 g/mol. The molecule has 0 aliphatic heterocycles. The van der Waals surface area contributed by atoms with Gasteiger partial charge in [-0.25, -0.2) is 0 Å². The Morgan fingerprint density at radius 3 is 2.09 bits per heavy atom. The molecule has 0 unspecified atom stereocenters. The molecule has 2 rings (SSSR count). The van der Waals surface area contributed by atoms with E-state index in [1.165, 1.54) is 64.2 Å². The molecule has 0 amide bonds. The van der Waals surface area contributed by atoms with Crippen LogP contribution in [0, 0.1) is 17.8 Å².